The van der Waals surface area contributed by atoms with Crippen LogP contribution in [0.2, 0.25) is 0 Å². The van der Waals surface area contributed by atoms with Crippen molar-refractivity contribution in [2.75, 3.05) is 0 Å². The minimum absolute atomic E-state index is 0.330. The van der Waals surface area contributed by atoms with Crippen molar-refractivity contribution in [3.05, 3.63) is 53.9 Å². The third kappa shape index (κ3) is 2.84. The van der Waals surface area contributed by atoms with Gasteiger partial charge in [-0.3, -0.25) is 0 Å². The summed E-state index contributed by atoms with van der Waals surface area (Å²) in [5, 5.41) is 10.8. The number of benzene rings is 1. The van der Waals surface area contributed by atoms with Crippen LogP contribution in [0.1, 0.15) is 31.7 Å². The molecule has 3 nitrogen and oxygen atoms in total. The fraction of sp³-hybridized carbons (Fsp3) is 0.400. The fourth-order valence-corrected chi connectivity index (χ4v) is 2.27. The van der Waals surface area contributed by atoms with Gasteiger partial charge in [0.1, 0.15) is 11.6 Å². The molecule has 0 saturated heterocycles. The summed E-state index contributed by atoms with van der Waals surface area (Å²) in [5.74, 6) is 0.485. The van der Waals surface area contributed by atoms with E-state index in [-0.39, 0.29) is 5.82 Å². The molecule has 0 fully saturated rings. The molecule has 1 heterocycles. The lowest BCUT2D eigenvalue weighted by atomic mass is 9.87. The van der Waals surface area contributed by atoms with Crippen LogP contribution in [0.25, 0.3) is 0 Å². The number of aromatic nitrogens is 2. The maximum absolute atomic E-state index is 13.3. The SMILES string of the molecule is CCn1ccnc1CC(O)(CC)c1cccc(F)c1. The maximum atomic E-state index is 13.3. The summed E-state index contributed by atoms with van der Waals surface area (Å²) in [5.41, 5.74) is -0.485. The molecule has 1 N–H and O–H groups in total. The van der Waals surface area contributed by atoms with Gasteiger partial charge in [0.2, 0.25) is 0 Å². The van der Waals surface area contributed by atoms with Crippen molar-refractivity contribution in [2.24, 2.45) is 0 Å². The molecule has 2 rings (SSSR count). The zero-order valence-electron chi connectivity index (χ0n) is 11.3. The highest BCUT2D eigenvalue weighted by molar-refractivity contribution is 5.24. The monoisotopic (exact) mass is 262 g/mol. The first-order chi connectivity index (χ1) is 9.09. The van der Waals surface area contributed by atoms with Crippen molar-refractivity contribution in [3.8, 4) is 0 Å². The van der Waals surface area contributed by atoms with Crippen LogP contribution in [-0.2, 0) is 18.6 Å². The average molecular weight is 262 g/mol. The van der Waals surface area contributed by atoms with Gasteiger partial charge in [0.15, 0.2) is 0 Å². The van der Waals surface area contributed by atoms with Gasteiger partial charge in [0.25, 0.3) is 0 Å². The van der Waals surface area contributed by atoms with E-state index in [2.05, 4.69) is 4.98 Å². The van der Waals surface area contributed by atoms with E-state index in [0.29, 0.717) is 18.4 Å². The number of aliphatic hydroxyl groups is 1. The molecule has 0 saturated carbocycles. The second kappa shape index (κ2) is 5.53. The minimum Gasteiger partial charge on any atom is -0.385 e. The molecule has 0 aliphatic carbocycles. The van der Waals surface area contributed by atoms with E-state index in [0.717, 1.165) is 12.4 Å². The van der Waals surface area contributed by atoms with Gasteiger partial charge in [-0.2, -0.15) is 0 Å². The first-order valence-electron chi connectivity index (χ1n) is 6.57. The van der Waals surface area contributed by atoms with Gasteiger partial charge in [-0.05, 0) is 31.0 Å². The molecular weight excluding hydrogens is 243 g/mol. The number of nitrogens with zero attached hydrogens (tertiary/aromatic N) is 2. The molecule has 1 atom stereocenters. The van der Waals surface area contributed by atoms with Crippen molar-refractivity contribution in [1.82, 2.24) is 9.55 Å². The van der Waals surface area contributed by atoms with Crippen molar-refractivity contribution in [2.45, 2.75) is 38.8 Å². The highest BCUT2D eigenvalue weighted by Gasteiger charge is 2.29. The van der Waals surface area contributed by atoms with Crippen LogP contribution >= 0.6 is 0 Å². The van der Waals surface area contributed by atoms with Crippen molar-refractivity contribution < 1.29 is 9.50 Å². The van der Waals surface area contributed by atoms with Crippen molar-refractivity contribution >= 4 is 0 Å². The number of halogens is 1. The molecular formula is C15H19FN2O. The van der Waals surface area contributed by atoms with Crippen LogP contribution in [0.3, 0.4) is 0 Å². The summed E-state index contributed by atoms with van der Waals surface area (Å²) in [6.45, 7) is 4.72. The lowest BCUT2D eigenvalue weighted by molar-refractivity contribution is 0.0296. The van der Waals surface area contributed by atoms with E-state index in [4.69, 9.17) is 0 Å². The zero-order chi connectivity index (χ0) is 13.9. The van der Waals surface area contributed by atoms with Gasteiger partial charge in [-0.25, -0.2) is 9.37 Å². The number of hydrogen-bond acceptors (Lipinski definition) is 2. The summed E-state index contributed by atoms with van der Waals surface area (Å²) in [7, 11) is 0. The van der Waals surface area contributed by atoms with Crippen molar-refractivity contribution in [1.29, 1.82) is 0 Å². The average Bonchev–Trinajstić information content (AvgIpc) is 2.85. The third-order valence-corrected chi connectivity index (χ3v) is 3.54. The van der Waals surface area contributed by atoms with E-state index in [9.17, 15) is 9.50 Å². The lowest BCUT2D eigenvalue weighted by Gasteiger charge is -2.27. The Morgan fingerprint density at radius 3 is 2.79 bits per heavy atom. The Morgan fingerprint density at radius 2 is 2.16 bits per heavy atom. The standard InChI is InChI=1S/C15H19FN2O/c1-3-15(19,12-6-5-7-13(16)10-12)11-14-17-8-9-18(14)4-2/h5-10,19H,3-4,11H2,1-2H3. The number of aryl methyl sites for hydroxylation is 1. The highest BCUT2D eigenvalue weighted by Crippen LogP contribution is 2.29. The van der Waals surface area contributed by atoms with E-state index in [1.165, 1.54) is 12.1 Å². The predicted octanol–water partition coefficient (Wildman–Crippen LogP) is 2.88. The Balaban J connectivity index is 2.33. The lowest BCUT2D eigenvalue weighted by Crippen LogP contribution is -2.29. The van der Waals surface area contributed by atoms with Gasteiger partial charge in [-0.15, -0.1) is 0 Å². The van der Waals surface area contributed by atoms with Gasteiger partial charge in [-0.1, -0.05) is 19.1 Å². The molecule has 1 aromatic heterocycles. The first-order valence-corrected chi connectivity index (χ1v) is 6.57. The first kappa shape index (κ1) is 13.7. The van der Waals surface area contributed by atoms with Crippen LogP contribution in [0, 0.1) is 5.82 Å². The molecule has 19 heavy (non-hydrogen) atoms. The van der Waals surface area contributed by atoms with E-state index >= 15 is 0 Å². The number of hydrogen-bond donors (Lipinski definition) is 1. The summed E-state index contributed by atoms with van der Waals surface area (Å²) in [6.07, 6.45) is 4.50. The largest absolute Gasteiger partial charge is 0.385 e. The minimum atomic E-state index is -1.08. The molecule has 0 spiro atoms. The molecule has 4 heteroatoms. The van der Waals surface area contributed by atoms with Crippen LogP contribution in [0.4, 0.5) is 4.39 Å². The number of rotatable bonds is 5. The Labute approximate surface area is 112 Å². The molecule has 102 valence electrons. The summed E-state index contributed by atoms with van der Waals surface area (Å²) >= 11 is 0. The van der Waals surface area contributed by atoms with Crippen molar-refractivity contribution in [3.63, 3.8) is 0 Å². The number of imidazole rings is 1. The van der Waals surface area contributed by atoms with Crippen LogP contribution in [-0.4, -0.2) is 14.7 Å². The molecule has 0 aliphatic heterocycles. The van der Waals surface area contributed by atoms with Crippen LogP contribution in [0.5, 0.6) is 0 Å². The Kier molecular flexibility index (Phi) is 4.00. The molecule has 1 aromatic carbocycles. The third-order valence-electron chi connectivity index (χ3n) is 3.54. The Hall–Kier alpha value is -1.68. The Bertz CT molecular complexity index is 553. The molecule has 1 unspecified atom stereocenters. The summed E-state index contributed by atoms with van der Waals surface area (Å²) in [6, 6.07) is 6.15. The molecule has 2 aromatic rings. The quantitative estimate of drug-likeness (QED) is 0.899. The summed E-state index contributed by atoms with van der Waals surface area (Å²) in [4.78, 5) is 4.28. The van der Waals surface area contributed by atoms with Gasteiger partial charge < -0.3 is 9.67 Å². The van der Waals surface area contributed by atoms with E-state index < -0.39 is 5.60 Å². The topological polar surface area (TPSA) is 38.0 Å². The Morgan fingerprint density at radius 1 is 1.37 bits per heavy atom. The zero-order valence-corrected chi connectivity index (χ0v) is 11.3. The van der Waals surface area contributed by atoms with Gasteiger partial charge in [0, 0.05) is 25.4 Å². The van der Waals surface area contributed by atoms with E-state index in [1.54, 1.807) is 18.3 Å². The highest BCUT2D eigenvalue weighted by atomic mass is 19.1. The van der Waals surface area contributed by atoms with E-state index in [1.807, 2.05) is 24.6 Å². The normalized spacial score (nSPS) is 14.3. The smallest absolute Gasteiger partial charge is 0.123 e. The molecule has 0 amide bonds. The van der Waals surface area contributed by atoms with Gasteiger partial charge >= 0.3 is 0 Å². The van der Waals surface area contributed by atoms with Crippen LogP contribution in [0.15, 0.2) is 36.7 Å². The second-order valence-corrected chi connectivity index (χ2v) is 4.70. The van der Waals surface area contributed by atoms with Crippen LogP contribution < -0.4 is 0 Å². The predicted molar refractivity (Wildman–Crippen MR) is 72.2 cm³/mol. The summed E-state index contributed by atoms with van der Waals surface area (Å²) < 4.78 is 15.3. The fourth-order valence-electron chi connectivity index (χ4n) is 2.27. The van der Waals surface area contributed by atoms with Gasteiger partial charge in [0.05, 0.1) is 5.60 Å². The molecule has 0 aliphatic rings. The second-order valence-electron chi connectivity index (χ2n) is 4.70. The molecule has 0 radical (unpaired) electrons. The maximum Gasteiger partial charge on any atom is 0.123 e. The molecule has 0 bridgehead atoms.